The molecule has 16 heavy (non-hydrogen) atoms. The van der Waals surface area contributed by atoms with E-state index in [1.54, 1.807) is 6.20 Å². The van der Waals surface area contributed by atoms with Crippen molar-refractivity contribution in [2.75, 3.05) is 11.9 Å². The minimum atomic E-state index is -0.576. The van der Waals surface area contributed by atoms with E-state index in [4.69, 9.17) is 0 Å². The van der Waals surface area contributed by atoms with Gasteiger partial charge < -0.3 is 5.32 Å². The van der Waals surface area contributed by atoms with Gasteiger partial charge in [-0.05, 0) is 24.6 Å². The maximum absolute atomic E-state index is 13.0. The molecule has 2 nitrogen and oxygen atoms in total. The number of benzene rings is 1. The lowest BCUT2D eigenvalue weighted by Crippen LogP contribution is -1.94. The van der Waals surface area contributed by atoms with Crippen LogP contribution in [-0.4, -0.2) is 11.5 Å². The van der Waals surface area contributed by atoms with Gasteiger partial charge in [0.25, 0.3) is 0 Å². The van der Waals surface area contributed by atoms with Crippen LogP contribution in [0.4, 0.5) is 13.9 Å². The van der Waals surface area contributed by atoms with Crippen LogP contribution in [-0.2, 0) is 0 Å². The van der Waals surface area contributed by atoms with Crippen molar-refractivity contribution in [3.05, 3.63) is 36.0 Å². The molecule has 0 saturated heterocycles. The number of nitrogens with one attached hydrogen (secondary N) is 1. The second-order valence-corrected chi connectivity index (χ2v) is 4.25. The molecule has 0 radical (unpaired) electrons. The summed E-state index contributed by atoms with van der Waals surface area (Å²) in [5, 5.41) is 3.80. The predicted octanol–water partition coefficient (Wildman–Crippen LogP) is 3.52. The molecular weight excluding hydrogens is 230 g/mol. The van der Waals surface area contributed by atoms with E-state index in [0.29, 0.717) is 5.56 Å². The highest BCUT2D eigenvalue weighted by atomic mass is 32.1. The molecule has 0 aliphatic carbocycles. The number of halogens is 2. The van der Waals surface area contributed by atoms with Gasteiger partial charge in [0.2, 0.25) is 0 Å². The van der Waals surface area contributed by atoms with Crippen molar-refractivity contribution in [3.63, 3.8) is 0 Å². The molecule has 0 fully saturated rings. The zero-order chi connectivity index (χ0) is 11.5. The summed E-state index contributed by atoms with van der Waals surface area (Å²) >= 11 is 1.37. The van der Waals surface area contributed by atoms with Gasteiger partial charge >= 0.3 is 0 Å². The monoisotopic (exact) mass is 240 g/mol. The molecule has 1 N–H and O–H groups in total. The van der Waals surface area contributed by atoms with Crippen LogP contribution in [0.15, 0.2) is 24.4 Å². The second kappa shape index (κ2) is 4.57. The molecule has 0 saturated carbocycles. The largest absolute Gasteiger partial charge is 0.362 e. The van der Waals surface area contributed by atoms with E-state index < -0.39 is 11.6 Å². The summed E-state index contributed by atoms with van der Waals surface area (Å²) in [6, 6.07) is 3.45. The Hall–Kier alpha value is -1.49. The van der Waals surface area contributed by atoms with Crippen LogP contribution < -0.4 is 5.32 Å². The molecule has 0 unspecified atom stereocenters. The third kappa shape index (κ3) is 2.36. The van der Waals surface area contributed by atoms with E-state index in [2.05, 4.69) is 10.3 Å². The summed E-state index contributed by atoms with van der Waals surface area (Å²) in [6.07, 6.45) is 1.61. The van der Waals surface area contributed by atoms with Crippen LogP contribution in [0.2, 0.25) is 0 Å². The highest BCUT2D eigenvalue weighted by Crippen LogP contribution is 2.29. The average molecular weight is 240 g/mol. The smallest absolute Gasteiger partial charge is 0.183 e. The van der Waals surface area contributed by atoms with Gasteiger partial charge in [-0.1, -0.05) is 11.3 Å². The average Bonchev–Trinajstić information content (AvgIpc) is 2.65. The van der Waals surface area contributed by atoms with Gasteiger partial charge in [-0.25, -0.2) is 13.8 Å². The molecule has 0 spiro atoms. The van der Waals surface area contributed by atoms with Crippen molar-refractivity contribution in [3.8, 4) is 10.4 Å². The number of thiazole rings is 1. The summed E-state index contributed by atoms with van der Waals surface area (Å²) in [5.41, 5.74) is 0.513. The lowest BCUT2D eigenvalue weighted by atomic mass is 10.2. The Labute approximate surface area is 96.0 Å². The van der Waals surface area contributed by atoms with Gasteiger partial charge in [-0.2, -0.15) is 0 Å². The van der Waals surface area contributed by atoms with E-state index in [-0.39, 0.29) is 0 Å². The number of nitrogens with zero attached hydrogens (tertiary/aromatic N) is 1. The van der Waals surface area contributed by atoms with Crippen LogP contribution in [0.3, 0.4) is 0 Å². The molecule has 84 valence electrons. The summed E-state index contributed by atoms with van der Waals surface area (Å²) in [6.45, 7) is 2.73. The first-order valence-corrected chi connectivity index (χ1v) is 5.67. The Balaban J connectivity index is 2.34. The lowest BCUT2D eigenvalue weighted by molar-refractivity contribution is 0.584. The summed E-state index contributed by atoms with van der Waals surface area (Å²) in [7, 11) is 0. The molecule has 0 atom stereocenters. The fourth-order valence-electron chi connectivity index (χ4n) is 1.34. The van der Waals surface area contributed by atoms with Crippen LogP contribution in [0.25, 0.3) is 10.4 Å². The van der Waals surface area contributed by atoms with Crippen molar-refractivity contribution in [2.24, 2.45) is 0 Å². The Morgan fingerprint density at radius 3 is 2.56 bits per heavy atom. The molecule has 2 aromatic rings. The van der Waals surface area contributed by atoms with Crippen LogP contribution in [0, 0.1) is 11.6 Å². The van der Waals surface area contributed by atoms with Crippen molar-refractivity contribution in [1.29, 1.82) is 0 Å². The molecule has 2 rings (SSSR count). The molecule has 1 aromatic heterocycles. The van der Waals surface area contributed by atoms with Gasteiger partial charge in [0.15, 0.2) is 5.13 Å². The first-order valence-electron chi connectivity index (χ1n) is 4.85. The van der Waals surface area contributed by atoms with Gasteiger partial charge in [0.05, 0.1) is 4.88 Å². The van der Waals surface area contributed by atoms with Crippen LogP contribution in [0.5, 0.6) is 0 Å². The number of hydrogen-bond acceptors (Lipinski definition) is 3. The second-order valence-electron chi connectivity index (χ2n) is 3.22. The molecule has 1 aromatic carbocycles. The first kappa shape index (κ1) is 11.0. The quantitative estimate of drug-likeness (QED) is 0.887. The zero-order valence-corrected chi connectivity index (χ0v) is 9.44. The Bertz CT molecular complexity index is 476. The van der Waals surface area contributed by atoms with Crippen molar-refractivity contribution < 1.29 is 8.78 Å². The highest BCUT2D eigenvalue weighted by molar-refractivity contribution is 7.18. The Kier molecular flexibility index (Phi) is 3.14. The van der Waals surface area contributed by atoms with Crippen molar-refractivity contribution in [1.82, 2.24) is 4.98 Å². The zero-order valence-electron chi connectivity index (χ0n) is 8.63. The molecule has 1 heterocycles. The summed E-state index contributed by atoms with van der Waals surface area (Å²) < 4.78 is 26.0. The van der Waals surface area contributed by atoms with Gasteiger partial charge in [-0.15, -0.1) is 0 Å². The fourth-order valence-corrected chi connectivity index (χ4v) is 2.21. The van der Waals surface area contributed by atoms with E-state index in [1.165, 1.54) is 23.5 Å². The third-order valence-corrected chi connectivity index (χ3v) is 2.98. The number of aromatic nitrogens is 1. The van der Waals surface area contributed by atoms with E-state index in [1.807, 2.05) is 6.92 Å². The molecule has 0 amide bonds. The van der Waals surface area contributed by atoms with E-state index in [0.717, 1.165) is 22.6 Å². The lowest BCUT2D eigenvalue weighted by Gasteiger charge is -1.98. The topological polar surface area (TPSA) is 24.9 Å². The summed E-state index contributed by atoms with van der Waals surface area (Å²) in [5.74, 6) is -1.15. The maximum Gasteiger partial charge on any atom is 0.183 e. The standard InChI is InChI=1S/C11H10F2N2S/c1-2-14-11-15-6-10(16-11)7-3-8(12)5-9(13)4-7/h3-6H,2H2,1H3,(H,14,15). The first-order chi connectivity index (χ1) is 7.69. The molecule has 0 bridgehead atoms. The van der Waals surface area contributed by atoms with Crippen molar-refractivity contribution in [2.45, 2.75) is 6.92 Å². The minimum absolute atomic E-state index is 0.513. The Morgan fingerprint density at radius 2 is 1.94 bits per heavy atom. The number of anilines is 1. The number of rotatable bonds is 3. The van der Waals surface area contributed by atoms with Crippen LogP contribution in [0.1, 0.15) is 6.92 Å². The normalized spacial score (nSPS) is 10.4. The van der Waals surface area contributed by atoms with Gasteiger partial charge in [0.1, 0.15) is 11.6 Å². The summed E-state index contributed by atoms with van der Waals surface area (Å²) in [4.78, 5) is 4.85. The fraction of sp³-hybridized carbons (Fsp3) is 0.182. The maximum atomic E-state index is 13.0. The Morgan fingerprint density at radius 1 is 1.25 bits per heavy atom. The van der Waals surface area contributed by atoms with E-state index in [9.17, 15) is 8.78 Å². The molecule has 0 aliphatic heterocycles. The predicted molar refractivity (Wildman–Crippen MR) is 61.6 cm³/mol. The van der Waals surface area contributed by atoms with Crippen molar-refractivity contribution >= 4 is 16.5 Å². The van der Waals surface area contributed by atoms with E-state index >= 15 is 0 Å². The highest BCUT2D eigenvalue weighted by Gasteiger charge is 2.06. The molecule has 0 aliphatic rings. The van der Waals surface area contributed by atoms with Crippen LogP contribution >= 0.6 is 11.3 Å². The van der Waals surface area contributed by atoms with Gasteiger partial charge in [0, 0.05) is 18.8 Å². The van der Waals surface area contributed by atoms with Gasteiger partial charge in [-0.3, -0.25) is 0 Å². The molecular formula is C11H10F2N2S. The SMILES string of the molecule is CCNc1ncc(-c2cc(F)cc(F)c2)s1. The minimum Gasteiger partial charge on any atom is -0.362 e. The number of hydrogen-bond donors (Lipinski definition) is 1. The third-order valence-electron chi connectivity index (χ3n) is 1.98. The molecule has 5 heteroatoms.